The van der Waals surface area contributed by atoms with Crippen molar-refractivity contribution in [3.63, 3.8) is 0 Å². The molecule has 2 aromatic rings. The summed E-state index contributed by atoms with van der Waals surface area (Å²) in [7, 11) is 0. The number of thioether (sulfide) groups is 1. The Bertz CT molecular complexity index is 722. The fraction of sp³-hybridized carbons (Fsp3) is 0.438. The molecule has 7 nitrogen and oxygen atoms in total. The van der Waals surface area contributed by atoms with E-state index in [4.69, 9.17) is 0 Å². The first-order chi connectivity index (χ1) is 11.6. The van der Waals surface area contributed by atoms with Gasteiger partial charge in [-0.3, -0.25) is 9.59 Å². The largest absolute Gasteiger partial charge is 0.342 e. The number of tetrazole rings is 1. The second kappa shape index (κ2) is 7.57. The summed E-state index contributed by atoms with van der Waals surface area (Å²) in [5.41, 5.74) is 1.40. The van der Waals surface area contributed by atoms with E-state index in [-0.39, 0.29) is 11.7 Å². The highest BCUT2D eigenvalue weighted by molar-refractivity contribution is 7.99. The molecule has 1 aliphatic heterocycles. The van der Waals surface area contributed by atoms with Crippen LogP contribution in [0.15, 0.2) is 29.4 Å². The summed E-state index contributed by atoms with van der Waals surface area (Å²) >= 11 is 1.33. The van der Waals surface area contributed by atoms with Gasteiger partial charge >= 0.3 is 0 Å². The molecule has 2 heterocycles. The molecular weight excluding hydrogens is 326 g/mol. The average Bonchev–Trinajstić information content (AvgIpc) is 3.09. The maximum absolute atomic E-state index is 12.3. The minimum Gasteiger partial charge on any atom is -0.342 e. The quantitative estimate of drug-likeness (QED) is 0.609. The molecule has 0 bridgehead atoms. The van der Waals surface area contributed by atoms with Crippen LogP contribution >= 0.6 is 11.8 Å². The summed E-state index contributed by atoms with van der Waals surface area (Å²) in [6, 6.07) is 7.08. The van der Waals surface area contributed by atoms with Gasteiger partial charge in [0, 0.05) is 18.7 Å². The number of carbonyl (C=O) groups is 2. The van der Waals surface area contributed by atoms with Crippen LogP contribution in [0.1, 0.15) is 36.5 Å². The Labute approximate surface area is 144 Å². The van der Waals surface area contributed by atoms with Crippen molar-refractivity contribution in [2.75, 3.05) is 18.8 Å². The Hall–Kier alpha value is -2.22. The normalized spacial score (nSPS) is 14.6. The van der Waals surface area contributed by atoms with Crippen molar-refractivity contribution in [1.29, 1.82) is 0 Å². The van der Waals surface area contributed by atoms with Crippen LogP contribution in [0.2, 0.25) is 0 Å². The lowest BCUT2D eigenvalue weighted by atomic mass is 10.1. The Balaban J connectivity index is 1.66. The van der Waals surface area contributed by atoms with Crippen molar-refractivity contribution in [3.8, 4) is 5.69 Å². The van der Waals surface area contributed by atoms with E-state index in [0.29, 0.717) is 16.5 Å². The van der Waals surface area contributed by atoms with E-state index in [1.807, 2.05) is 4.90 Å². The van der Waals surface area contributed by atoms with Crippen LogP contribution in [0, 0.1) is 0 Å². The zero-order valence-corrected chi connectivity index (χ0v) is 14.3. The standard InChI is InChI=1S/C16H19N5O2S/c1-12(22)13-5-7-14(8-6-13)21-16(17-18-19-21)24-11-15(23)20-9-3-2-4-10-20/h5-8H,2-4,9-11H2,1H3. The molecule has 0 aliphatic carbocycles. The van der Waals surface area contributed by atoms with Crippen molar-refractivity contribution in [2.24, 2.45) is 0 Å². The summed E-state index contributed by atoms with van der Waals surface area (Å²) in [6.45, 7) is 3.22. The van der Waals surface area contributed by atoms with Gasteiger partial charge in [-0.25, -0.2) is 0 Å². The zero-order valence-electron chi connectivity index (χ0n) is 13.5. The Kier molecular flexibility index (Phi) is 5.24. The van der Waals surface area contributed by atoms with Gasteiger partial charge in [-0.15, -0.1) is 5.10 Å². The van der Waals surface area contributed by atoms with Crippen LogP contribution in [0.4, 0.5) is 0 Å². The molecule has 0 atom stereocenters. The second-order valence-corrected chi connectivity index (χ2v) is 6.65. The minimum atomic E-state index is 0.0139. The molecule has 1 saturated heterocycles. The molecule has 0 spiro atoms. The first kappa shape index (κ1) is 16.6. The predicted octanol–water partition coefficient (Wildman–Crippen LogP) is 1.97. The molecule has 1 aromatic carbocycles. The minimum absolute atomic E-state index is 0.0139. The van der Waals surface area contributed by atoms with Crippen LogP contribution in [-0.2, 0) is 4.79 Å². The molecule has 0 unspecified atom stereocenters. The van der Waals surface area contributed by atoms with Gasteiger partial charge in [0.15, 0.2) is 5.78 Å². The molecule has 0 saturated carbocycles. The highest BCUT2D eigenvalue weighted by Crippen LogP contribution is 2.20. The van der Waals surface area contributed by atoms with E-state index in [9.17, 15) is 9.59 Å². The lowest BCUT2D eigenvalue weighted by molar-refractivity contribution is -0.129. The third-order valence-corrected chi connectivity index (χ3v) is 4.90. The van der Waals surface area contributed by atoms with Crippen molar-refractivity contribution in [2.45, 2.75) is 31.3 Å². The lowest BCUT2D eigenvalue weighted by Gasteiger charge is -2.26. The van der Waals surface area contributed by atoms with E-state index in [1.165, 1.54) is 25.1 Å². The Morgan fingerprint density at radius 2 is 1.83 bits per heavy atom. The molecule has 24 heavy (non-hydrogen) atoms. The van der Waals surface area contributed by atoms with Gasteiger partial charge in [0.1, 0.15) is 0 Å². The topological polar surface area (TPSA) is 81.0 Å². The molecule has 0 radical (unpaired) electrons. The third-order valence-electron chi connectivity index (χ3n) is 3.99. The number of hydrogen-bond donors (Lipinski definition) is 0. The van der Waals surface area contributed by atoms with Gasteiger partial charge in [-0.05, 0) is 60.9 Å². The smallest absolute Gasteiger partial charge is 0.233 e. The number of benzene rings is 1. The van der Waals surface area contributed by atoms with Crippen molar-refractivity contribution in [1.82, 2.24) is 25.1 Å². The highest BCUT2D eigenvalue weighted by atomic mass is 32.2. The number of nitrogens with zero attached hydrogens (tertiary/aromatic N) is 5. The molecular formula is C16H19N5O2S. The van der Waals surface area contributed by atoms with Crippen LogP contribution in [0.5, 0.6) is 0 Å². The highest BCUT2D eigenvalue weighted by Gasteiger charge is 2.18. The number of amides is 1. The SMILES string of the molecule is CC(=O)c1ccc(-n2nnnc2SCC(=O)N2CCCCC2)cc1. The number of likely N-dealkylation sites (tertiary alicyclic amines) is 1. The van der Waals surface area contributed by atoms with Gasteiger partial charge in [0.25, 0.3) is 0 Å². The molecule has 3 rings (SSSR count). The maximum atomic E-state index is 12.3. The van der Waals surface area contributed by atoms with E-state index in [0.717, 1.165) is 31.6 Å². The van der Waals surface area contributed by atoms with Crippen LogP contribution in [0.3, 0.4) is 0 Å². The van der Waals surface area contributed by atoms with E-state index in [2.05, 4.69) is 15.5 Å². The average molecular weight is 345 g/mol. The van der Waals surface area contributed by atoms with E-state index in [1.54, 1.807) is 28.9 Å². The number of carbonyl (C=O) groups excluding carboxylic acids is 2. The zero-order chi connectivity index (χ0) is 16.9. The Morgan fingerprint density at radius 1 is 1.12 bits per heavy atom. The number of ketones is 1. The number of hydrogen-bond acceptors (Lipinski definition) is 6. The van der Waals surface area contributed by atoms with Gasteiger partial charge in [-0.1, -0.05) is 11.8 Å². The predicted molar refractivity (Wildman–Crippen MR) is 90.3 cm³/mol. The van der Waals surface area contributed by atoms with Crippen molar-refractivity contribution < 1.29 is 9.59 Å². The Morgan fingerprint density at radius 3 is 2.50 bits per heavy atom. The summed E-state index contributed by atoms with van der Waals surface area (Å²) in [5.74, 6) is 0.465. The molecule has 0 N–H and O–H groups in total. The molecule has 1 amide bonds. The summed E-state index contributed by atoms with van der Waals surface area (Å²) < 4.78 is 1.58. The first-order valence-electron chi connectivity index (χ1n) is 7.95. The van der Waals surface area contributed by atoms with Crippen LogP contribution in [0.25, 0.3) is 5.69 Å². The van der Waals surface area contributed by atoms with E-state index < -0.39 is 0 Å². The molecule has 126 valence electrons. The fourth-order valence-electron chi connectivity index (χ4n) is 2.63. The second-order valence-electron chi connectivity index (χ2n) is 5.71. The fourth-order valence-corrected chi connectivity index (χ4v) is 3.42. The summed E-state index contributed by atoms with van der Waals surface area (Å²) in [6.07, 6.45) is 3.36. The first-order valence-corrected chi connectivity index (χ1v) is 8.94. The molecule has 1 aliphatic rings. The van der Waals surface area contributed by atoms with Crippen LogP contribution < -0.4 is 0 Å². The van der Waals surface area contributed by atoms with Gasteiger partial charge in [0.2, 0.25) is 11.1 Å². The van der Waals surface area contributed by atoms with Gasteiger partial charge in [-0.2, -0.15) is 4.68 Å². The number of piperidine rings is 1. The number of Topliss-reactive ketones (excluding diaryl/α,β-unsaturated/α-hetero) is 1. The van der Waals surface area contributed by atoms with Crippen molar-refractivity contribution in [3.05, 3.63) is 29.8 Å². The van der Waals surface area contributed by atoms with Crippen LogP contribution in [-0.4, -0.2) is 55.6 Å². The maximum Gasteiger partial charge on any atom is 0.233 e. The van der Waals surface area contributed by atoms with Crippen molar-refractivity contribution >= 4 is 23.5 Å². The summed E-state index contributed by atoms with van der Waals surface area (Å²) in [5, 5.41) is 12.2. The van der Waals surface area contributed by atoms with E-state index >= 15 is 0 Å². The molecule has 1 aromatic heterocycles. The lowest BCUT2D eigenvalue weighted by Crippen LogP contribution is -2.36. The van der Waals surface area contributed by atoms with Gasteiger partial charge < -0.3 is 4.90 Å². The summed E-state index contributed by atoms with van der Waals surface area (Å²) in [4.78, 5) is 25.5. The van der Waals surface area contributed by atoms with Gasteiger partial charge in [0.05, 0.1) is 11.4 Å². The third kappa shape index (κ3) is 3.81. The number of aromatic nitrogens is 4. The number of rotatable bonds is 5. The monoisotopic (exact) mass is 345 g/mol. The molecule has 8 heteroatoms. The molecule has 1 fully saturated rings.